The Morgan fingerprint density at radius 2 is 1.86 bits per heavy atom. The van der Waals surface area contributed by atoms with E-state index in [1.54, 1.807) is 0 Å². The van der Waals surface area contributed by atoms with Gasteiger partial charge in [0.05, 0.1) is 0 Å². The van der Waals surface area contributed by atoms with Gasteiger partial charge in [-0.3, -0.25) is 4.79 Å². The molecule has 22 heavy (non-hydrogen) atoms. The smallest absolute Gasteiger partial charge is 0.262 e. The van der Waals surface area contributed by atoms with E-state index >= 15 is 0 Å². The lowest BCUT2D eigenvalue weighted by Gasteiger charge is -2.16. The number of aryl methyl sites for hydroxylation is 1. The third kappa shape index (κ3) is 4.07. The number of anilines is 1. The number of amides is 1. The van der Waals surface area contributed by atoms with Gasteiger partial charge in [-0.1, -0.05) is 32.0 Å². The molecule has 3 nitrogen and oxygen atoms in total. The minimum Gasteiger partial charge on any atom is -0.484 e. The highest BCUT2D eigenvalue weighted by molar-refractivity contribution is 5.93. The summed E-state index contributed by atoms with van der Waals surface area (Å²) >= 11 is 0. The molecule has 0 unspecified atom stereocenters. The summed E-state index contributed by atoms with van der Waals surface area (Å²) in [5.41, 5.74) is 2.95. The van der Waals surface area contributed by atoms with Crippen LogP contribution >= 0.6 is 0 Å². The Bertz CT molecular complexity index is 651. The van der Waals surface area contributed by atoms with Crippen molar-refractivity contribution in [1.29, 1.82) is 0 Å². The number of carbonyl (C=O) groups is 1. The van der Waals surface area contributed by atoms with Crippen molar-refractivity contribution >= 4 is 11.6 Å². The van der Waals surface area contributed by atoms with Crippen LogP contribution in [-0.2, 0) is 4.79 Å². The first kappa shape index (κ1) is 16.0. The van der Waals surface area contributed by atoms with Gasteiger partial charge in [-0.15, -0.1) is 0 Å². The summed E-state index contributed by atoms with van der Waals surface area (Å²) in [6.45, 7) is 6.01. The van der Waals surface area contributed by atoms with Crippen molar-refractivity contribution < 1.29 is 13.9 Å². The molecule has 2 aromatic carbocycles. The Hall–Kier alpha value is -2.36. The molecule has 0 aliphatic rings. The van der Waals surface area contributed by atoms with Gasteiger partial charge >= 0.3 is 0 Å². The molecule has 0 heterocycles. The molecule has 0 atom stereocenters. The fourth-order valence-corrected chi connectivity index (χ4v) is 2.20. The predicted octanol–water partition coefficient (Wildman–Crippen LogP) is 4.28. The van der Waals surface area contributed by atoms with Crippen LogP contribution in [0.3, 0.4) is 0 Å². The summed E-state index contributed by atoms with van der Waals surface area (Å²) in [5, 5.41) is 2.90. The molecule has 0 bridgehead atoms. The third-order valence-electron chi connectivity index (χ3n) is 3.38. The SMILES string of the molecule is Cc1cccc(C(C)C)c1NC(=O)COc1ccc(F)cc1. The molecular weight excluding hydrogens is 281 g/mol. The highest BCUT2D eigenvalue weighted by Gasteiger charge is 2.12. The van der Waals surface area contributed by atoms with Crippen LogP contribution in [0.25, 0.3) is 0 Å². The molecule has 0 saturated heterocycles. The van der Waals surface area contributed by atoms with E-state index in [0.717, 1.165) is 16.8 Å². The summed E-state index contributed by atoms with van der Waals surface area (Å²) in [5.74, 6) is 0.206. The van der Waals surface area contributed by atoms with Gasteiger partial charge in [0.15, 0.2) is 6.61 Å². The van der Waals surface area contributed by atoms with E-state index < -0.39 is 0 Å². The van der Waals surface area contributed by atoms with E-state index in [1.165, 1.54) is 24.3 Å². The number of para-hydroxylation sites is 1. The first-order valence-electron chi connectivity index (χ1n) is 7.25. The zero-order valence-corrected chi connectivity index (χ0v) is 13.0. The molecule has 1 N–H and O–H groups in total. The minimum absolute atomic E-state index is 0.114. The number of hydrogen-bond donors (Lipinski definition) is 1. The van der Waals surface area contributed by atoms with Crippen molar-refractivity contribution in [1.82, 2.24) is 0 Å². The summed E-state index contributed by atoms with van der Waals surface area (Å²) in [6.07, 6.45) is 0. The summed E-state index contributed by atoms with van der Waals surface area (Å²) in [7, 11) is 0. The number of nitrogens with one attached hydrogen (secondary N) is 1. The third-order valence-corrected chi connectivity index (χ3v) is 3.38. The molecule has 2 rings (SSSR count). The van der Waals surface area contributed by atoms with Gasteiger partial charge in [0.2, 0.25) is 0 Å². The lowest BCUT2D eigenvalue weighted by molar-refractivity contribution is -0.118. The molecule has 0 saturated carbocycles. The van der Waals surface area contributed by atoms with Crippen molar-refractivity contribution in [3.63, 3.8) is 0 Å². The van der Waals surface area contributed by atoms with E-state index in [9.17, 15) is 9.18 Å². The van der Waals surface area contributed by atoms with E-state index in [4.69, 9.17) is 4.74 Å². The van der Waals surface area contributed by atoms with Gasteiger partial charge in [0, 0.05) is 5.69 Å². The second kappa shape index (κ2) is 7.07. The second-order valence-electron chi connectivity index (χ2n) is 5.48. The van der Waals surface area contributed by atoms with Crippen LogP contribution in [0.5, 0.6) is 5.75 Å². The Balaban J connectivity index is 2.02. The monoisotopic (exact) mass is 301 g/mol. The fourth-order valence-electron chi connectivity index (χ4n) is 2.20. The van der Waals surface area contributed by atoms with Crippen molar-refractivity contribution in [2.75, 3.05) is 11.9 Å². The number of halogens is 1. The van der Waals surface area contributed by atoms with Crippen LogP contribution in [0.15, 0.2) is 42.5 Å². The number of hydrogen-bond acceptors (Lipinski definition) is 2. The maximum Gasteiger partial charge on any atom is 0.262 e. The molecule has 0 aromatic heterocycles. The van der Waals surface area contributed by atoms with E-state index in [0.29, 0.717) is 11.7 Å². The first-order chi connectivity index (χ1) is 10.5. The summed E-state index contributed by atoms with van der Waals surface area (Å²) in [6, 6.07) is 11.5. The van der Waals surface area contributed by atoms with Crippen LogP contribution in [-0.4, -0.2) is 12.5 Å². The van der Waals surface area contributed by atoms with E-state index in [1.807, 2.05) is 25.1 Å². The quantitative estimate of drug-likeness (QED) is 0.895. The lowest BCUT2D eigenvalue weighted by Crippen LogP contribution is -2.21. The van der Waals surface area contributed by atoms with Gasteiger partial charge < -0.3 is 10.1 Å². The second-order valence-corrected chi connectivity index (χ2v) is 5.48. The van der Waals surface area contributed by atoms with Crippen molar-refractivity contribution in [2.24, 2.45) is 0 Å². The van der Waals surface area contributed by atoms with Crippen LogP contribution in [0.1, 0.15) is 30.9 Å². The molecule has 0 fully saturated rings. The van der Waals surface area contributed by atoms with Crippen LogP contribution in [0, 0.1) is 12.7 Å². The van der Waals surface area contributed by atoms with Crippen LogP contribution in [0.4, 0.5) is 10.1 Å². The van der Waals surface area contributed by atoms with Gasteiger partial charge in [-0.05, 0) is 48.2 Å². The fraction of sp³-hybridized carbons (Fsp3) is 0.278. The van der Waals surface area contributed by atoms with Crippen molar-refractivity contribution in [3.8, 4) is 5.75 Å². The standard InChI is InChI=1S/C18H20FNO2/c1-12(2)16-6-4-5-13(3)18(16)20-17(21)11-22-15-9-7-14(19)8-10-15/h4-10,12H,11H2,1-3H3,(H,20,21). The van der Waals surface area contributed by atoms with Crippen LogP contribution < -0.4 is 10.1 Å². The highest BCUT2D eigenvalue weighted by atomic mass is 19.1. The molecule has 1 amide bonds. The maximum absolute atomic E-state index is 12.8. The molecule has 4 heteroatoms. The van der Waals surface area contributed by atoms with Crippen molar-refractivity contribution in [2.45, 2.75) is 26.7 Å². The number of ether oxygens (including phenoxy) is 1. The zero-order chi connectivity index (χ0) is 16.1. The Labute approximate surface area is 130 Å². The maximum atomic E-state index is 12.8. The van der Waals surface area contributed by atoms with Crippen molar-refractivity contribution in [3.05, 3.63) is 59.4 Å². The Kier molecular flexibility index (Phi) is 5.15. The number of carbonyl (C=O) groups excluding carboxylic acids is 1. The minimum atomic E-state index is -0.335. The highest BCUT2D eigenvalue weighted by Crippen LogP contribution is 2.27. The van der Waals surface area contributed by atoms with Gasteiger partial charge in [0.25, 0.3) is 5.91 Å². The van der Waals surface area contributed by atoms with Gasteiger partial charge in [-0.2, -0.15) is 0 Å². The molecular formula is C18H20FNO2. The number of rotatable bonds is 5. The Morgan fingerprint density at radius 3 is 2.50 bits per heavy atom. The normalized spacial score (nSPS) is 10.6. The molecule has 2 aromatic rings. The van der Waals surface area contributed by atoms with Gasteiger partial charge in [0.1, 0.15) is 11.6 Å². The topological polar surface area (TPSA) is 38.3 Å². The predicted molar refractivity (Wildman–Crippen MR) is 85.8 cm³/mol. The van der Waals surface area contributed by atoms with Gasteiger partial charge in [-0.25, -0.2) is 4.39 Å². The largest absolute Gasteiger partial charge is 0.484 e. The molecule has 0 spiro atoms. The summed E-state index contributed by atoms with van der Waals surface area (Å²) < 4.78 is 18.2. The number of benzene rings is 2. The average Bonchev–Trinajstić information content (AvgIpc) is 2.48. The van der Waals surface area contributed by atoms with E-state index in [2.05, 4.69) is 19.2 Å². The molecule has 0 aliphatic heterocycles. The molecule has 0 aliphatic carbocycles. The van der Waals surface area contributed by atoms with E-state index in [-0.39, 0.29) is 18.3 Å². The average molecular weight is 301 g/mol. The van der Waals surface area contributed by atoms with Crippen LogP contribution in [0.2, 0.25) is 0 Å². The Morgan fingerprint density at radius 1 is 1.18 bits per heavy atom. The first-order valence-corrected chi connectivity index (χ1v) is 7.25. The molecule has 116 valence electrons. The molecule has 0 radical (unpaired) electrons. The lowest BCUT2D eigenvalue weighted by atomic mass is 9.98. The summed E-state index contributed by atoms with van der Waals surface area (Å²) in [4.78, 5) is 12.1. The zero-order valence-electron chi connectivity index (χ0n) is 13.0.